The molecule has 2 aromatic rings. The predicted molar refractivity (Wildman–Crippen MR) is 83.5 cm³/mol. The lowest BCUT2D eigenvalue weighted by atomic mass is 10.1. The Balaban J connectivity index is 2.11. The molecule has 1 atom stereocenters. The van der Waals surface area contributed by atoms with Crippen molar-refractivity contribution in [3.05, 3.63) is 49.9 Å². The van der Waals surface area contributed by atoms with Gasteiger partial charge in [0.15, 0.2) is 0 Å². The lowest BCUT2D eigenvalue weighted by molar-refractivity contribution is 0.585. The zero-order valence-electron chi connectivity index (χ0n) is 10.9. The van der Waals surface area contributed by atoms with Gasteiger partial charge in [-0.15, -0.1) is 11.3 Å². The van der Waals surface area contributed by atoms with Crippen molar-refractivity contribution in [2.24, 2.45) is 0 Å². The van der Waals surface area contributed by atoms with Crippen LogP contribution in [0.1, 0.15) is 36.2 Å². The van der Waals surface area contributed by atoms with Crippen LogP contribution in [0.3, 0.4) is 0 Å². The molecular weight excluding hydrogens is 299 g/mol. The monoisotopic (exact) mass is 314 g/mol. The minimum atomic E-state index is 0.288. The molecule has 0 fully saturated rings. The molecule has 0 spiro atoms. The molecule has 0 aliphatic carbocycles. The first-order chi connectivity index (χ1) is 9.10. The smallest absolute Gasteiger partial charge is 0.0973 e. The molecule has 0 saturated carbocycles. The number of thiazole rings is 1. The van der Waals surface area contributed by atoms with Gasteiger partial charge < -0.3 is 5.32 Å². The molecule has 102 valence electrons. The fourth-order valence-electron chi connectivity index (χ4n) is 1.84. The normalized spacial score (nSPS) is 12.6. The second-order valence-corrected chi connectivity index (χ2v) is 6.14. The summed E-state index contributed by atoms with van der Waals surface area (Å²) in [5, 5.41) is 7.89. The van der Waals surface area contributed by atoms with Gasteiger partial charge in [0.05, 0.1) is 10.7 Å². The Hall–Kier alpha value is -0.610. The van der Waals surface area contributed by atoms with E-state index in [1.165, 1.54) is 0 Å². The highest BCUT2D eigenvalue weighted by atomic mass is 35.5. The number of nitrogens with one attached hydrogen (secondary N) is 1. The Morgan fingerprint density at radius 1 is 1.37 bits per heavy atom. The summed E-state index contributed by atoms with van der Waals surface area (Å²) in [6.45, 7) is 5.16. The van der Waals surface area contributed by atoms with Crippen LogP contribution in [0.5, 0.6) is 0 Å². The summed E-state index contributed by atoms with van der Waals surface area (Å²) >= 11 is 13.7. The first-order valence-electron chi connectivity index (χ1n) is 6.21. The molecule has 0 saturated heterocycles. The van der Waals surface area contributed by atoms with Crippen LogP contribution in [-0.2, 0) is 6.42 Å². The second kappa shape index (κ2) is 6.71. The lowest BCUT2D eigenvalue weighted by Crippen LogP contribution is -2.17. The number of hydrogen-bond acceptors (Lipinski definition) is 3. The van der Waals surface area contributed by atoms with Crippen molar-refractivity contribution in [3.8, 4) is 0 Å². The maximum absolute atomic E-state index is 6.18. The molecule has 2 nitrogen and oxygen atoms in total. The van der Waals surface area contributed by atoms with Crippen molar-refractivity contribution in [1.82, 2.24) is 10.3 Å². The molecule has 5 heteroatoms. The summed E-state index contributed by atoms with van der Waals surface area (Å²) in [7, 11) is 0. The van der Waals surface area contributed by atoms with Gasteiger partial charge in [-0.1, -0.05) is 36.2 Å². The van der Waals surface area contributed by atoms with Crippen molar-refractivity contribution in [1.29, 1.82) is 0 Å². The molecule has 19 heavy (non-hydrogen) atoms. The van der Waals surface area contributed by atoms with Crippen molar-refractivity contribution in [2.75, 3.05) is 6.54 Å². The zero-order valence-corrected chi connectivity index (χ0v) is 13.2. The first-order valence-corrected chi connectivity index (χ1v) is 7.85. The quantitative estimate of drug-likeness (QED) is 0.864. The summed E-state index contributed by atoms with van der Waals surface area (Å²) in [5.74, 6) is 0. The van der Waals surface area contributed by atoms with Gasteiger partial charge in [-0.3, -0.25) is 0 Å². The minimum Gasteiger partial charge on any atom is -0.309 e. The third-order valence-corrected chi connectivity index (χ3v) is 4.33. The first kappa shape index (κ1) is 14.8. The molecule has 1 aromatic carbocycles. The third-order valence-electron chi connectivity index (χ3n) is 2.88. The fourth-order valence-corrected chi connectivity index (χ4v) is 3.23. The van der Waals surface area contributed by atoms with E-state index in [0.717, 1.165) is 29.2 Å². The zero-order chi connectivity index (χ0) is 13.8. The van der Waals surface area contributed by atoms with E-state index in [0.29, 0.717) is 10.0 Å². The van der Waals surface area contributed by atoms with Crippen LogP contribution >= 0.6 is 34.5 Å². The Kier molecular flexibility index (Phi) is 5.22. The van der Waals surface area contributed by atoms with Crippen LogP contribution < -0.4 is 5.32 Å². The van der Waals surface area contributed by atoms with E-state index >= 15 is 0 Å². The van der Waals surface area contributed by atoms with E-state index in [1.807, 2.05) is 12.1 Å². The molecule has 0 aliphatic rings. The number of rotatable bonds is 5. The van der Waals surface area contributed by atoms with Gasteiger partial charge in [-0.05, 0) is 31.2 Å². The predicted octanol–water partition coefficient (Wildman–Crippen LogP) is 4.71. The molecule has 1 N–H and O–H groups in total. The summed E-state index contributed by atoms with van der Waals surface area (Å²) in [6.07, 6.45) is 0.750. The van der Waals surface area contributed by atoms with E-state index in [1.54, 1.807) is 17.4 Å². The van der Waals surface area contributed by atoms with Gasteiger partial charge in [-0.2, -0.15) is 0 Å². The maximum atomic E-state index is 6.18. The van der Waals surface area contributed by atoms with Crippen LogP contribution in [0.4, 0.5) is 0 Å². The number of nitrogens with zero attached hydrogens (tertiary/aromatic N) is 1. The summed E-state index contributed by atoms with van der Waals surface area (Å²) in [5.41, 5.74) is 2.15. The number of benzene rings is 1. The van der Waals surface area contributed by atoms with Crippen LogP contribution in [0, 0.1) is 0 Å². The molecule has 0 amide bonds. The van der Waals surface area contributed by atoms with Gasteiger partial charge >= 0.3 is 0 Å². The standard InChI is InChI=1S/C14H16Cl2N2S/c1-3-17-9(2)13-8-19-14(18-13)6-10-4-5-11(15)7-12(10)16/h4-5,7-9,17H,3,6H2,1-2H3. The second-order valence-electron chi connectivity index (χ2n) is 4.36. The molecule has 2 rings (SSSR count). The van der Waals surface area contributed by atoms with Crippen molar-refractivity contribution in [3.63, 3.8) is 0 Å². The van der Waals surface area contributed by atoms with Gasteiger partial charge in [-0.25, -0.2) is 4.98 Å². The average molecular weight is 315 g/mol. The number of aromatic nitrogens is 1. The van der Waals surface area contributed by atoms with Crippen molar-refractivity contribution in [2.45, 2.75) is 26.3 Å². The fraction of sp³-hybridized carbons (Fsp3) is 0.357. The van der Waals surface area contributed by atoms with Crippen LogP contribution in [-0.4, -0.2) is 11.5 Å². The molecule has 1 heterocycles. The molecule has 0 aliphatic heterocycles. The Bertz CT molecular complexity index is 554. The molecular formula is C14H16Cl2N2S. The largest absolute Gasteiger partial charge is 0.309 e. The van der Waals surface area contributed by atoms with E-state index in [-0.39, 0.29) is 6.04 Å². The molecule has 0 bridgehead atoms. The SMILES string of the molecule is CCNC(C)c1csc(Cc2ccc(Cl)cc2Cl)n1. The van der Waals surface area contributed by atoms with Gasteiger partial charge in [0.1, 0.15) is 0 Å². The molecule has 0 radical (unpaired) electrons. The van der Waals surface area contributed by atoms with E-state index in [2.05, 4.69) is 29.5 Å². The van der Waals surface area contributed by atoms with Crippen LogP contribution in [0.25, 0.3) is 0 Å². The van der Waals surface area contributed by atoms with Crippen LogP contribution in [0.2, 0.25) is 10.0 Å². The Morgan fingerprint density at radius 3 is 2.84 bits per heavy atom. The number of hydrogen-bond donors (Lipinski definition) is 1. The number of halogens is 2. The van der Waals surface area contributed by atoms with E-state index in [4.69, 9.17) is 23.2 Å². The van der Waals surface area contributed by atoms with Gasteiger partial charge in [0.2, 0.25) is 0 Å². The lowest BCUT2D eigenvalue weighted by Gasteiger charge is -2.08. The van der Waals surface area contributed by atoms with Crippen molar-refractivity contribution >= 4 is 34.5 Å². The summed E-state index contributed by atoms with van der Waals surface area (Å²) in [4.78, 5) is 4.65. The third kappa shape index (κ3) is 3.93. The summed E-state index contributed by atoms with van der Waals surface area (Å²) < 4.78 is 0. The Morgan fingerprint density at radius 2 is 2.16 bits per heavy atom. The maximum Gasteiger partial charge on any atom is 0.0973 e. The molecule has 1 unspecified atom stereocenters. The topological polar surface area (TPSA) is 24.9 Å². The minimum absolute atomic E-state index is 0.288. The van der Waals surface area contributed by atoms with Crippen LogP contribution in [0.15, 0.2) is 23.6 Å². The van der Waals surface area contributed by atoms with Gasteiger partial charge in [0.25, 0.3) is 0 Å². The average Bonchev–Trinajstić information content (AvgIpc) is 2.82. The van der Waals surface area contributed by atoms with E-state index in [9.17, 15) is 0 Å². The summed E-state index contributed by atoms with van der Waals surface area (Å²) in [6, 6.07) is 5.88. The highest BCUT2D eigenvalue weighted by molar-refractivity contribution is 7.09. The van der Waals surface area contributed by atoms with E-state index < -0.39 is 0 Å². The Labute approximate surface area is 127 Å². The van der Waals surface area contributed by atoms with Gasteiger partial charge in [0, 0.05) is 27.9 Å². The van der Waals surface area contributed by atoms with Crippen molar-refractivity contribution < 1.29 is 0 Å². The highest BCUT2D eigenvalue weighted by Gasteiger charge is 2.10. The highest BCUT2D eigenvalue weighted by Crippen LogP contribution is 2.25. The molecule has 1 aromatic heterocycles.